The van der Waals surface area contributed by atoms with Crippen molar-refractivity contribution < 1.29 is 18.0 Å². The van der Waals surface area contributed by atoms with Gasteiger partial charge in [-0.1, -0.05) is 74.2 Å². The van der Waals surface area contributed by atoms with E-state index in [0.29, 0.717) is 12.1 Å². The van der Waals surface area contributed by atoms with Crippen LogP contribution in [0.4, 0.5) is 5.69 Å². The van der Waals surface area contributed by atoms with Crippen LogP contribution in [-0.2, 0) is 26.2 Å². The van der Waals surface area contributed by atoms with Crippen molar-refractivity contribution in [2.75, 3.05) is 17.1 Å². The zero-order valence-electron chi connectivity index (χ0n) is 21.9. The first-order valence-corrected chi connectivity index (χ1v) is 14.6. The molecule has 36 heavy (non-hydrogen) atoms. The highest BCUT2D eigenvalue weighted by Gasteiger charge is 2.33. The van der Waals surface area contributed by atoms with Gasteiger partial charge in [-0.2, -0.15) is 0 Å². The Hall–Kier alpha value is -2.87. The van der Waals surface area contributed by atoms with Gasteiger partial charge in [0, 0.05) is 12.6 Å². The van der Waals surface area contributed by atoms with Crippen molar-refractivity contribution in [2.45, 2.75) is 77.9 Å². The van der Waals surface area contributed by atoms with Crippen LogP contribution in [0.15, 0.2) is 48.5 Å². The summed E-state index contributed by atoms with van der Waals surface area (Å²) in [5.74, 6) is -0.582. The second-order valence-electron chi connectivity index (χ2n) is 9.83. The van der Waals surface area contributed by atoms with Crippen molar-refractivity contribution in [3.8, 4) is 0 Å². The average molecular weight is 514 g/mol. The van der Waals surface area contributed by atoms with E-state index in [-0.39, 0.29) is 25.0 Å². The van der Waals surface area contributed by atoms with Crippen LogP contribution in [0, 0.1) is 13.8 Å². The molecule has 0 aliphatic heterocycles. The van der Waals surface area contributed by atoms with Crippen LogP contribution in [-0.4, -0.2) is 50.0 Å². The summed E-state index contributed by atoms with van der Waals surface area (Å²) in [5, 5.41) is 3.16. The third-order valence-corrected chi connectivity index (χ3v) is 8.00. The van der Waals surface area contributed by atoms with Crippen LogP contribution in [0.2, 0.25) is 0 Å². The minimum atomic E-state index is -3.74. The summed E-state index contributed by atoms with van der Waals surface area (Å²) < 4.78 is 26.6. The summed E-state index contributed by atoms with van der Waals surface area (Å²) in [5.41, 5.74) is 3.20. The smallest absolute Gasteiger partial charge is 0.244 e. The van der Waals surface area contributed by atoms with E-state index >= 15 is 0 Å². The molecule has 0 saturated heterocycles. The van der Waals surface area contributed by atoms with Crippen molar-refractivity contribution in [2.24, 2.45) is 0 Å². The van der Waals surface area contributed by atoms with Crippen molar-refractivity contribution >= 4 is 27.5 Å². The highest BCUT2D eigenvalue weighted by atomic mass is 32.2. The molecular weight excluding hydrogens is 474 g/mol. The summed E-state index contributed by atoms with van der Waals surface area (Å²) in [7, 11) is -3.74. The Kier molecular flexibility index (Phi) is 9.54. The second-order valence-corrected chi connectivity index (χ2v) is 11.7. The van der Waals surface area contributed by atoms with E-state index in [0.717, 1.165) is 52.9 Å². The number of carbonyl (C=O) groups is 2. The molecule has 8 heteroatoms. The fourth-order valence-electron chi connectivity index (χ4n) is 4.79. The van der Waals surface area contributed by atoms with Gasteiger partial charge in [0.25, 0.3) is 0 Å². The van der Waals surface area contributed by atoms with Gasteiger partial charge in [-0.3, -0.25) is 13.9 Å². The van der Waals surface area contributed by atoms with Crippen molar-refractivity contribution in [1.82, 2.24) is 10.2 Å². The molecule has 0 bridgehead atoms. The molecule has 1 saturated carbocycles. The molecular formula is C28H39N3O4S. The first-order valence-electron chi connectivity index (χ1n) is 12.8. The van der Waals surface area contributed by atoms with E-state index < -0.39 is 22.0 Å². The third kappa shape index (κ3) is 7.32. The number of aryl methyl sites for hydroxylation is 2. The number of anilines is 1. The summed E-state index contributed by atoms with van der Waals surface area (Å²) in [6.07, 6.45) is 6.79. The molecule has 0 heterocycles. The van der Waals surface area contributed by atoms with Crippen LogP contribution in [0.5, 0.6) is 0 Å². The fraction of sp³-hybridized carbons (Fsp3) is 0.500. The van der Waals surface area contributed by atoms with E-state index in [1.54, 1.807) is 17.0 Å². The topological polar surface area (TPSA) is 86.8 Å². The monoisotopic (exact) mass is 513 g/mol. The molecule has 1 fully saturated rings. The standard InChI is InChI=1S/C28H39N3O4S/c1-5-25(28(33)29-24-12-7-6-8-13-24)30(19-23-17-15-21(2)16-18-23)27(32)20-31(36(4,34)35)26-14-10-9-11-22(26)3/h9-11,14-18,24-25H,5-8,12-13,19-20H2,1-4H3,(H,29,33). The average Bonchev–Trinajstić information content (AvgIpc) is 2.84. The predicted molar refractivity (Wildman–Crippen MR) is 144 cm³/mol. The summed E-state index contributed by atoms with van der Waals surface area (Å²) in [6, 6.07) is 14.3. The molecule has 2 amide bonds. The Balaban J connectivity index is 1.91. The normalized spacial score (nSPS) is 15.2. The van der Waals surface area contributed by atoms with Gasteiger partial charge < -0.3 is 10.2 Å². The molecule has 1 unspecified atom stereocenters. The Morgan fingerprint density at radius 2 is 1.64 bits per heavy atom. The largest absolute Gasteiger partial charge is 0.352 e. The van der Waals surface area contributed by atoms with Gasteiger partial charge in [0.2, 0.25) is 21.8 Å². The molecule has 1 aliphatic rings. The lowest BCUT2D eigenvalue weighted by Gasteiger charge is -2.34. The second kappa shape index (κ2) is 12.4. The van der Waals surface area contributed by atoms with Crippen LogP contribution in [0.1, 0.15) is 62.1 Å². The molecule has 1 N–H and O–H groups in total. The summed E-state index contributed by atoms with van der Waals surface area (Å²) >= 11 is 0. The molecule has 2 aromatic rings. The number of nitrogens with zero attached hydrogens (tertiary/aromatic N) is 2. The summed E-state index contributed by atoms with van der Waals surface area (Å²) in [4.78, 5) is 28.7. The molecule has 1 aliphatic carbocycles. The molecule has 0 spiro atoms. The van der Waals surface area contributed by atoms with Crippen LogP contribution in [0.25, 0.3) is 0 Å². The lowest BCUT2D eigenvalue weighted by atomic mass is 9.95. The van der Waals surface area contributed by atoms with E-state index in [9.17, 15) is 18.0 Å². The first-order chi connectivity index (χ1) is 17.1. The van der Waals surface area contributed by atoms with E-state index in [2.05, 4.69) is 5.32 Å². The maximum Gasteiger partial charge on any atom is 0.244 e. The number of amides is 2. The first kappa shape index (κ1) is 27.7. The Morgan fingerprint density at radius 1 is 1.00 bits per heavy atom. The maximum absolute atomic E-state index is 13.8. The lowest BCUT2D eigenvalue weighted by Crippen LogP contribution is -2.54. The van der Waals surface area contributed by atoms with Gasteiger partial charge >= 0.3 is 0 Å². The van der Waals surface area contributed by atoms with Crippen molar-refractivity contribution in [1.29, 1.82) is 0 Å². The number of hydrogen-bond donors (Lipinski definition) is 1. The third-order valence-electron chi connectivity index (χ3n) is 6.87. The van der Waals surface area contributed by atoms with Gasteiger partial charge in [0.1, 0.15) is 12.6 Å². The molecule has 196 valence electrons. The predicted octanol–water partition coefficient (Wildman–Crippen LogP) is 4.33. The Labute approximate surface area is 215 Å². The lowest BCUT2D eigenvalue weighted by molar-refractivity contribution is -0.140. The molecule has 1 atom stereocenters. The van der Waals surface area contributed by atoms with E-state index in [1.807, 2.05) is 57.2 Å². The zero-order valence-corrected chi connectivity index (χ0v) is 22.7. The fourth-order valence-corrected chi connectivity index (χ4v) is 5.70. The van der Waals surface area contributed by atoms with Gasteiger partial charge in [0.15, 0.2) is 0 Å². The van der Waals surface area contributed by atoms with E-state index in [1.165, 1.54) is 6.42 Å². The Morgan fingerprint density at radius 3 is 2.22 bits per heavy atom. The van der Waals surface area contributed by atoms with Gasteiger partial charge in [-0.25, -0.2) is 8.42 Å². The molecule has 3 rings (SSSR count). The highest BCUT2D eigenvalue weighted by Crippen LogP contribution is 2.24. The molecule has 0 radical (unpaired) electrons. The zero-order chi connectivity index (χ0) is 26.3. The number of rotatable bonds is 10. The van der Waals surface area contributed by atoms with Crippen LogP contribution in [0.3, 0.4) is 0 Å². The van der Waals surface area contributed by atoms with Crippen molar-refractivity contribution in [3.05, 3.63) is 65.2 Å². The minimum Gasteiger partial charge on any atom is -0.352 e. The number of hydrogen-bond acceptors (Lipinski definition) is 4. The number of nitrogens with one attached hydrogen (secondary N) is 1. The molecule has 2 aromatic carbocycles. The number of carbonyl (C=O) groups excluding carboxylic acids is 2. The minimum absolute atomic E-state index is 0.121. The van der Waals surface area contributed by atoms with Gasteiger partial charge in [-0.15, -0.1) is 0 Å². The number of sulfonamides is 1. The maximum atomic E-state index is 13.8. The van der Waals surface area contributed by atoms with Crippen LogP contribution < -0.4 is 9.62 Å². The van der Waals surface area contributed by atoms with Crippen molar-refractivity contribution in [3.63, 3.8) is 0 Å². The van der Waals surface area contributed by atoms with Crippen LogP contribution >= 0.6 is 0 Å². The number of benzene rings is 2. The SMILES string of the molecule is CCC(C(=O)NC1CCCCC1)N(Cc1ccc(C)cc1)C(=O)CN(c1ccccc1C)S(C)(=O)=O. The molecule has 7 nitrogen and oxygen atoms in total. The summed E-state index contributed by atoms with van der Waals surface area (Å²) in [6.45, 7) is 5.54. The quantitative estimate of drug-likeness (QED) is 0.512. The Bertz CT molecular complexity index is 1140. The number of para-hydroxylation sites is 1. The highest BCUT2D eigenvalue weighted by molar-refractivity contribution is 7.92. The van der Waals surface area contributed by atoms with Gasteiger partial charge in [-0.05, 0) is 50.3 Å². The van der Waals surface area contributed by atoms with Gasteiger partial charge in [0.05, 0.1) is 11.9 Å². The molecule has 0 aromatic heterocycles. The van der Waals surface area contributed by atoms with E-state index in [4.69, 9.17) is 0 Å².